The Labute approximate surface area is 116 Å². The normalized spacial score (nSPS) is 10.2. The SMILES string of the molecule is COc1cc(C(N)=S)ccc1OCc1ccn(C)n1. The number of methoxy groups -OCH3 is 1. The van der Waals surface area contributed by atoms with Crippen LogP contribution >= 0.6 is 12.2 Å². The van der Waals surface area contributed by atoms with E-state index in [1.807, 2.05) is 19.3 Å². The first-order chi connectivity index (χ1) is 9.10. The first-order valence-corrected chi connectivity index (χ1v) is 6.10. The first kappa shape index (κ1) is 13.4. The highest BCUT2D eigenvalue weighted by Gasteiger charge is 2.08. The largest absolute Gasteiger partial charge is 0.493 e. The molecule has 6 heteroatoms. The molecule has 2 aromatic rings. The van der Waals surface area contributed by atoms with E-state index >= 15 is 0 Å². The third kappa shape index (κ3) is 3.23. The van der Waals surface area contributed by atoms with E-state index in [0.717, 1.165) is 11.3 Å². The summed E-state index contributed by atoms with van der Waals surface area (Å²) in [5.74, 6) is 1.23. The van der Waals surface area contributed by atoms with Crippen molar-refractivity contribution >= 4 is 17.2 Å². The van der Waals surface area contributed by atoms with Crippen LogP contribution in [0.3, 0.4) is 0 Å². The zero-order chi connectivity index (χ0) is 13.8. The molecular weight excluding hydrogens is 262 g/mol. The van der Waals surface area contributed by atoms with Crippen molar-refractivity contribution in [2.24, 2.45) is 12.8 Å². The summed E-state index contributed by atoms with van der Waals surface area (Å²) < 4.78 is 12.7. The fourth-order valence-corrected chi connectivity index (χ4v) is 1.76. The minimum Gasteiger partial charge on any atom is -0.493 e. The summed E-state index contributed by atoms with van der Waals surface area (Å²) >= 11 is 4.93. The summed E-state index contributed by atoms with van der Waals surface area (Å²) in [6.07, 6.45) is 1.87. The second kappa shape index (κ2) is 5.71. The number of nitrogens with zero attached hydrogens (tertiary/aromatic N) is 2. The molecule has 19 heavy (non-hydrogen) atoms. The van der Waals surface area contributed by atoms with Gasteiger partial charge in [0.05, 0.1) is 12.8 Å². The van der Waals surface area contributed by atoms with Gasteiger partial charge >= 0.3 is 0 Å². The number of ether oxygens (including phenoxy) is 2. The summed E-state index contributed by atoms with van der Waals surface area (Å²) in [5.41, 5.74) is 7.17. The van der Waals surface area contributed by atoms with Crippen LogP contribution in [0.2, 0.25) is 0 Å². The van der Waals surface area contributed by atoms with Crippen LogP contribution in [0.5, 0.6) is 11.5 Å². The van der Waals surface area contributed by atoms with Crippen LogP contribution < -0.4 is 15.2 Å². The van der Waals surface area contributed by atoms with Crippen molar-refractivity contribution in [3.8, 4) is 11.5 Å². The highest BCUT2D eigenvalue weighted by Crippen LogP contribution is 2.28. The van der Waals surface area contributed by atoms with Crippen LogP contribution in [-0.4, -0.2) is 21.9 Å². The van der Waals surface area contributed by atoms with Crippen molar-refractivity contribution in [2.75, 3.05) is 7.11 Å². The predicted octanol–water partition coefficient (Wildman–Crippen LogP) is 1.64. The van der Waals surface area contributed by atoms with E-state index < -0.39 is 0 Å². The number of benzene rings is 1. The van der Waals surface area contributed by atoms with Gasteiger partial charge in [-0.3, -0.25) is 4.68 Å². The van der Waals surface area contributed by atoms with Crippen molar-refractivity contribution in [1.29, 1.82) is 0 Å². The summed E-state index contributed by atoms with van der Waals surface area (Å²) in [6.45, 7) is 0.379. The molecule has 0 aliphatic heterocycles. The number of rotatable bonds is 5. The molecule has 1 aromatic carbocycles. The van der Waals surface area contributed by atoms with Crippen LogP contribution in [0, 0.1) is 0 Å². The number of thiocarbonyl (C=S) groups is 1. The zero-order valence-corrected chi connectivity index (χ0v) is 11.6. The standard InChI is InChI=1S/C13H15N3O2S/c1-16-6-5-10(15-16)8-18-11-4-3-9(13(14)19)7-12(11)17-2/h3-7H,8H2,1-2H3,(H2,14,19). The Kier molecular flexibility index (Phi) is 4.01. The number of aromatic nitrogens is 2. The number of hydrogen-bond acceptors (Lipinski definition) is 4. The summed E-state index contributed by atoms with van der Waals surface area (Å²) in [4.78, 5) is 0.328. The van der Waals surface area contributed by atoms with Gasteiger partial charge in [-0.2, -0.15) is 5.10 Å². The number of hydrogen-bond donors (Lipinski definition) is 1. The fourth-order valence-electron chi connectivity index (χ4n) is 1.63. The fraction of sp³-hybridized carbons (Fsp3) is 0.231. The number of nitrogens with two attached hydrogens (primary N) is 1. The molecule has 5 nitrogen and oxygen atoms in total. The lowest BCUT2D eigenvalue weighted by atomic mass is 10.2. The van der Waals surface area contributed by atoms with Gasteiger partial charge < -0.3 is 15.2 Å². The maximum Gasteiger partial charge on any atom is 0.161 e. The lowest BCUT2D eigenvalue weighted by molar-refractivity contribution is 0.279. The van der Waals surface area contributed by atoms with E-state index in [2.05, 4.69) is 5.10 Å². The van der Waals surface area contributed by atoms with Crippen LogP contribution in [-0.2, 0) is 13.7 Å². The third-order valence-corrected chi connectivity index (χ3v) is 2.83. The second-order valence-corrected chi connectivity index (χ2v) is 4.44. The third-order valence-electron chi connectivity index (χ3n) is 2.59. The van der Waals surface area contributed by atoms with Crippen molar-refractivity contribution in [2.45, 2.75) is 6.61 Å². The molecule has 0 unspecified atom stereocenters. The quantitative estimate of drug-likeness (QED) is 0.842. The Bertz CT molecular complexity index is 595. The van der Waals surface area contributed by atoms with E-state index in [1.165, 1.54) is 0 Å². The molecule has 0 saturated carbocycles. The summed E-state index contributed by atoms with van der Waals surface area (Å²) in [5, 5.41) is 4.24. The molecule has 0 radical (unpaired) electrons. The van der Waals surface area contributed by atoms with Crippen molar-refractivity contribution < 1.29 is 9.47 Å². The number of aryl methyl sites for hydroxylation is 1. The monoisotopic (exact) mass is 277 g/mol. The van der Waals surface area contributed by atoms with Crippen LogP contribution in [0.25, 0.3) is 0 Å². The van der Waals surface area contributed by atoms with Crippen LogP contribution in [0.1, 0.15) is 11.3 Å². The maximum atomic E-state index is 5.68. The van der Waals surface area contributed by atoms with Gasteiger partial charge in [-0.15, -0.1) is 0 Å². The minimum atomic E-state index is 0.328. The van der Waals surface area contributed by atoms with Crippen LogP contribution in [0.15, 0.2) is 30.5 Å². The summed E-state index contributed by atoms with van der Waals surface area (Å²) in [7, 11) is 3.44. The van der Waals surface area contributed by atoms with E-state index in [4.69, 9.17) is 27.4 Å². The van der Waals surface area contributed by atoms with Gasteiger partial charge in [0, 0.05) is 18.8 Å². The molecule has 0 amide bonds. The van der Waals surface area contributed by atoms with E-state index in [1.54, 1.807) is 30.0 Å². The smallest absolute Gasteiger partial charge is 0.161 e. The zero-order valence-electron chi connectivity index (χ0n) is 10.8. The Morgan fingerprint density at radius 2 is 2.16 bits per heavy atom. The minimum absolute atomic E-state index is 0.328. The molecule has 100 valence electrons. The Morgan fingerprint density at radius 1 is 1.37 bits per heavy atom. The molecule has 0 aliphatic carbocycles. The van der Waals surface area contributed by atoms with Crippen molar-refractivity contribution in [3.05, 3.63) is 41.7 Å². The molecule has 0 bridgehead atoms. The Hall–Kier alpha value is -2.08. The summed E-state index contributed by atoms with van der Waals surface area (Å²) in [6, 6.07) is 7.25. The highest BCUT2D eigenvalue weighted by molar-refractivity contribution is 7.80. The molecular formula is C13H15N3O2S. The first-order valence-electron chi connectivity index (χ1n) is 5.69. The molecule has 1 heterocycles. The average molecular weight is 277 g/mol. The molecule has 0 aliphatic rings. The van der Waals surface area contributed by atoms with Crippen LogP contribution in [0.4, 0.5) is 0 Å². The lowest BCUT2D eigenvalue weighted by Gasteiger charge is -2.11. The van der Waals surface area contributed by atoms with Gasteiger partial charge in [-0.05, 0) is 24.3 Å². The van der Waals surface area contributed by atoms with Gasteiger partial charge in [-0.1, -0.05) is 12.2 Å². The van der Waals surface area contributed by atoms with E-state index in [9.17, 15) is 0 Å². The van der Waals surface area contributed by atoms with Gasteiger partial charge in [0.15, 0.2) is 11.5 Å². The molecule has 0 saturated heterocycles. The molecule has 2 N–H and O–H groups in total. The van der Waals surface area contributed by atoms with Gasteiger partial charge in [0.25, 0.3) is 0 Å². The molecule has 1 aromatic heterocycles. The molecule has 0 atom stereocenters. The van der Waals surface area contributed by atoms with Gasteiger partial charge in [0.1, 0.15) is 11.6 Å². The van der Waals surface area contributed by atoms with E-state index in [-0.39, 0.29) is 0 Å². The second-order valence-electron chi connectivity index (χ2n) is 4.00. The lowest BCUT2D eigenvalue weighted by Crippen LogP contribution is -2.09. The van der Waals surface area contributed by atoms with Crippen molar-refractivity contribution in [3.63, 3.8) is 0 Å². The van der Waals surface area contributed by atoms with Gasteiger partial charge in [0.2, 0.25) is 0 Å². The molecule has 0 fully saturated rings. The van der Waals surface area contributed by atoms with Gasteiger partial charge in [-0.25, -0.2) is 0 Å². The predicted molar refractivity (Wildman–Crippen MR) is 76.4 cm³/mol. The van der Waals surface area contributed by atoms with Crippen molar-refractivity contribution in [1.82, 2.24) is 9.78 Å². The molecule has 2 rings (SSSR count). The Balaban J connectivity index is 2.13. The Morgan fingerprint density at radius 3 is 2.74 bits per heavy atom. The maximum absolute atomic E-state index is 5.68. The molecule has 0 spiro atoms. The highest BCUT2D eigenvalue weighted by atomic mass is 32.1. The van der Waals surface area contributed by atoms with E-state index in [0.29, 0.717) is 23.1 Å². The topological polar surface area (TPSA) is 62.3 Å². The average Bonchev–Trinajstić information content (AvgIpc) is 2.81.